The minimum Gasteiger partial charge on any atom is -0.490 e. The van der Waals surface area contributed by atoms with E-state index >= 15 is 0 Å². The van der Waals surface area contributed by atoms with E-state index in [-0.39, 0.29) is 12.3 Å². The molecule has 21 heavy (non-hydrogen) atoms. The van der Waals surface area contributed by atoms with Crippen LogP contribution in [0.1, 0.15) is 6.42 Å². The van der Waals surface area contributed by atoms with Gasteiger partial charge in [-0.3, -0.25) is 0 Å². The Kier molecular flexibility index (Phi) is 4.89. The molecule has 1 heterocycles. The van der Waals surface area contributed by atoms with Crippen LogP contribution in [0, 0.1) is 0 Å². The zero-order chi connectivity index (χ0) is 15.3. The molecule has 1 aromatic carbocycles. The van der Waals surface area contributed by atoms with Crippen molar-refractivity contribution in [3.63, 3.8) is 0 Å². The fourth-order valence-electron chi connectivity index (χ4n) is 1.77. The number of nitrogens with one attached hydrogen (secondary N) is 2. The molecule has 116 valence electrons. The van der Waals surface area contributed by atoms with Crippen molar-refractivity contribution in [3.8, 4) is 11.5 Å². The standard InChI is InChI=1S/C13H18N2O5S/c1-21(17,18)8-5-14-13(16)15-10-3-4-11-12(9-10)20-7-2-6-19-11/h3-4,9H,2,5-8H2,1H3,(H2,14,15,16). The number of carbonyl (C=O) groups is 1. The lowest BCUT2D eigenvalue weighted by Gasteiger charge is -2.11. The minimum atomic E-state index is -3.09. The Morgan fingerprint density at radius 2 is 1.95 bits per heavy atom. The summed E-state index contributed by atoms with van der Waals surface area (Å²) in [5.74, 6) is 1.14. The lowest BCUT2D eigenvalue weighted by Crippen LogP contribution is -2.32. The number of benzene rings is 1. The smallest absolute Gasteiger partial charge is 0.319 e. The van der Waals surface area contributed by atoms with E-state index in [1.54, 1.807) is 18.2 Å². The normalized spacial score (nSPS) is 14.1. The molecule has 2 rings (SSSR count). The fourth-order valence-corrected chi connectivity index (χ4v) is 2.24. The molecule has 0 fully saturated rings. The number of amides is 2. The van der Waals surface area contributed by atoms with Crippen LogP contribution in [0.3, 0.4) is 0 Å². The fraction of sp³-hybridized carbons (Fsp3) is 0.462. The van der Waals surface area contributed by atoms with E-state index in [4.69, 9.17) is 9.47 Å². The monoisotopic (exact) mass is 314 g/mol. The summed E-state index contributed by atoms with van der Waals surface area (Å²) in [6.07, 6.45) is 1.93. The Morgan fingerprint density at radius 3 is 2.67 bits per heavy atom. The van der Waals surface area contributed by atoms with E-state index in [2.05, 4.69) is 10.6 Å². The van der Waals surface area contributed by atoms with Gasteiger partial charge < -0.3 is 20.1 Å². The van der Waals surface area contributed by atoms with Crippen LogP contribution in [0.2, 0.25) is 0 Å². The molecule has 0 saturated heterocycles. The molecule has 1 aliphatic rings. The molecule has 1 aromatic rings. The Morgan fingerprint density at radius 1 is 1.24 bits per heavy atom. The third-order valence-electron chi connectivity index (χ3n) is 2.76. The maximum atomic E-state index is 11.6. The maximum Gasteiger partial charge on any atom is 0.319 e. The van der Waals surface area contributed by atoms with Gasteiger partial charge >= 0.3 is 6.03 Å². The molecule has 0 aliphatic carbocycles. The SMILES string of the molecule is CS(=O)(=O)CCNC(=O)Nc1ccc2c(c1)OCCCO2. The Bertz CT molecular complexity index is 615. The highest BCUT2D eigenvalue weighted by molar-refractivity contribution is 7.90. The summed E-state index contributed by atoms with van der Waals surface area (Å²) < 4.78 is 32.9. The van der Waals surface area contributed by atoms with Crippen molar-refractivity contribution in [2.45, 2.75) is 6.42 Å². The average molecular weight is 314 g/mol. The van der Waals surface area contributed by atoms with Crippen LogP contribution in [0.5, 0.6) is 11.5 Å². The lowest BCUT2D eigenvalue weighted by molar-refractivity contribution is 0.252. The average Bonchev–Trinajstić information content (AvgIpc) is 2.61. The van der Waals surface area contributed by atoms with Gasteiger partial charge in [0.2, 0.25) is 0 Å². The van der Waals surface area contributed by atoms with Crippen LogP contribution in [-0.4, -0.2) is 46.2 Å². The number of hydrogen-bond donors (Lipinski definition) is 2. The molecule has 0 unspecified atom stereocenters. The van der Waals surface area contributed by atoms with E-state index in [0.717, 1.165) is 12.7 Å². The third-order valence-corrected chi connectivity index (χ3v) is 3.71. The van der Waals surface area contributed by atoms with Crippen LogP contribution in [0.25, 0.3) is 0 Å². The number of rotatable bonds is 4. The molecule has 0 spiro atoms. The second-order valence-corrected chi connectivity index (χ2v) is 6.98. The molecule has 8 heteroatoms. The maximum absolute atomic E-state index is 11.6. The van der Waals surface area contributed by atoms with Crippen molar-refractivity contribution in [3.05, 3.63) is 18.2 Å². The summed E-state index contributed by atoms with van der Waals surface area (Å²) >= 11 is 0. The van der Waals surface area contributed by atoms with E-state index in [9.17, 15) is 13.2 Å². The molecule has 2 N–H and O–H groups in total. The first-order chi connectivity index (χ1) is 9.94. The molecular weight excluding hydrogens is 296 g/mol. The highest BCUT2D eigenvalue weighted by atomic mass is 32.2. The second-order valence-electron chi connectivity index (χ2n) is 4.72. The Balaban J connectivity index is 1.90. The molecule has 7 nitrogen and oxygen atoms in total. The van der Waals surface area contributed by atoms with Gasteiger partial charge in [-0.2, -0.15) is 0 Å². The molecule has 0 atom stereocenters. The minimum absolute atomic E-state index is 0.0647. The summed E-state index contributed by atoms with van der Waals surface area (Å²) in [6, 6.07) is 4.64. The van der Waals surface area contributed by atoms with Gasteiger partial charge in [-0.05, 0) is 12.1 Å². The van der Waals surface area contributed by atoms with Gasteiger partial charge in [0.25, 0.3) is 0 Å². The van der Waals surface area contributed by atoms with E-state index < -0.39 is 15.9 Å². The molecule has 0 aromatic heterocycles. The van der Waals surface area contributed by atoms with Crippen LogP contribution in [-0.2, 0) is 9.84 Å². The predicted octanol–water partition coefficient (Wildman–Crippen LogP) is 1.01. The highest BCUT2D eigenvalue weighted by Gasteiger charge is 2.12. The number of sulfone groups is 1. The van der Waals surface area contributed by atoms with Crippen molar-refractivity contribution in [1.29, 1.82) is 0 Å². The lowest BCUT2D eigenvalue weighted by atomic mass is 10.3. The molecule has 0 saturated carbocycles. The summed E-state index contributed by atoms with van der Waals surface area (Å²) in [6.45, 7) is 1.23. The van der Waals surface area contributed by atoms with Gasteiger partial charge in [0.1, 0.15) is 9.84 Å². The highest BCUT2D eigenvalue weighted by Crippen LogP contribution is 2.32. The topological polar surface area (TPSA) is 93.7 Å². The van der Waals surface area contributed by atoms with Crippen molar-refractivity contribution >= 4 is 21.6 Å². The Hall–Kier alpha value is -1.96. The van der Waals surface area contributed by atoms with Crippen LogP contribution in [0.15, 0.2) is 18.2 Å². The van der Waals surface area contributed by atoms with Gasteiger partial charge in [-0.25, -0.2) is 13.2 Å². The van der Waals surface area contributed by atoms with Crippen molar-refractivity contribution in [2.75, 3.05) is 37.1 Å². The number of carbonyl (C=O) groups excluding carboxylic acids is 1. The van der Waals surface area contributed by atoms with E-state index in [0.29, 0.717) is 30.4 Å². The van der Waals surface area contributed by atoms with Gasteiger partial charge in [0, 0.05) is 31.0 Å². The largest absolute Gasteiger partial charge is 0.490 e. The predicted molar refractivity (Wildman–Crippen MR) is 78.8 cm³/mol. The molecule has 2 amide bonds. The second kappa shape index (κ2) is 6.66. The van der Waals surface area contributed by atoms with Crippen LogP contribution < -0.4 is 20.1 Å². The van der Waals surface area contributed by atoms with Gasteiger partial charge in [-0.15, -0.1) is 0 Å². The quantitative estimate of drug-likeness (QED) is 0.865. The number of urea groups is 1. The van der Waals surface area contributed by atoms with Crippen LogP contribution in [0.4, 0.5) is 10.5 Å². The van der Waals surface area contributed by atoms with Crippen LogP contribution >= 0.6 is 0 Å². The summed E-state index contributed by atoms with van der Waals surface area (Å²) in [5, 5.41) is 5.10. The first-order valence-corrected chi connectivity index (χ1v) is 8.62. The van der Waals surface area contributed by atoms with Gasteiger partial charge in [0.15, 0.2) is 11.5 Å². The molecule has 0 radical (unpaired) electrons. The number of hydrogen-bond acceptors (Lipinski definition) is 5. The van der Waals surface area contributed by atoms with Crippen molar-refractivity contribution in [2.24, 2.45) is 0 Å². The summed E-state index contributed by atoms with van der Waals surface area (Å²) in [5.41, 5.74) is 0.552. The molecule has 0 bridgehead atoms. The van der Waals surface area contributed by atoms with Crippen molar-refractivity contribution < 1.29 is 22.7 Å². The molecular formula is C13H18N2O5S. The van der Waals surface area contributed by atoms with Gasteiger partial charge in [0.05, 0.1) is 19.0 Å². The van der Waals surface area contributed by atoms with Crippen molar-refractivity contribution in [1.82, 2.24) is 5.32 Å². The third kappa shape index (κ3) is 5.14. The van der Waals surface area contributed by atoms with Gasteiger partial charge in [-0.1, -0.05) is 0 Å². The van der Waals surface area contributed by atoms with E-state index in [1.807, 2.05) is 0 Å². The number of anilines is 1. The zero-order valence-corrected chi connectivity index (χ0v) is 12.5. The number of fused-ring (bicyclic) bond motifs is 1. The summed E-state index contributed by atoms with van der Waals surface area (Å²) in [4.78, 5) is 11.6. The molecule has 1 aliphatic heterocycles. The number of ether oxygens (including phenoxy) is 2. The Labute approximate surface area is 123 Å². The zero-order valence-electron chi connectivity index (χ0n) is 11.7. The first kappa shape index (κ1) is 15.4. The first-order valence-electron chi connectivity index (χ1n) is 6.56. The van der Waals surface area contributed by atoms with E-state index in [1.165, 1.54) is 0 Å². The summed E-state index contributed by atoms with van der Waals surface area (Å²) in [7, 11) is -3.09.